The van der Waals surface area contributed by atoms with Gasteiger partial charge in [-0.25, -0.2) is 4.98 Å². The molecule has 1 saturated heterocycles. The van der Waals surface area contributed by atoms with E-state index in [9.17, 15) is 0 Å². The number of nitrogens with two attached hydrogens (primary N) is 1. The smallest absolute Gasteiger partial charge is 0.242 e. The Morgan fingerprint density at radius 2 is 2.11 bits per heavy atom. The van der Waals surface area contributed by atoms with Gasteiger partial charge in [-0.2, -0.15) is 4.98 Å². The minimum atomic E-state index is 0.0582. The molecule has 1 fully saturated rings. The van der Waals surface area contributed by atoms with Gasteiger partial charge in [0.2, 0.25) is 5.88 Å². The molecule has 2 heterocycles. The largest absolute Gasteiger partial charge is 0.473 e. The molecule has 0 amide bonds. The fourth-order valence-corrected chi connectivity index (χ4v) is 2.54. The van der Waals surface area contributed by atoms with Crippen LogP contribution in [0, 0.1) is 5.41 Å². The highest BCUT2D eigenvalue weighted by molar-refractivity contribution is 5.68. The van der Waals surface area contributed by atoms with Crippen LogP contribution in [-0.4, -0.2) is 29.2 Å². The summed E-state index contributed by atoms with van der Waals surface area (Å²) in [5.41, 5.74) is 7.01. The zero-order valence-electron chi connectivity index (χ0n) is 12.3. The topological polar surface area (TPSA) is 64.3 Å². The number of nitrogens with zero attached hydrogens (tertiary/aromatic N) is 3. The third kappa shape index (κ3) is 3.28. The molecule has 2 rings (SSSR count). The maximum absolute atomic E-state index is 6.16. The number of ether oxygens (including phenoxy) is 1. The molecule has 0 bridgehead atoms. The Morgan fingerprint density at radius 3 is 2.74 bits per heavy atom. The van der Waals surface area contributed by atoms with Crippen molar-refractivity contribution in [3.8, 4) is 5.88 Å². The Labute approximate surface area is 115 Å². The van der Waals surface area contributed by atoms with E-state index in [-0.39, 0.29) is 6.10 Å². The van der Waals surface area contributed by atoms with Crippen LogP contribution in [0.3, 0.4) is 0 Å². The van der Waals surface area contributed by atoms with Gasteiger partial charge in [-0.05, 0) is 32.1 Å². The average molecular weight is 264 g/mol. The molecule has 2 N–H and O–H groups in total. The van der Waals surface area contributed by atoms with Crippen LogP contribution >= 0.6 is 0 Å². The second-order valence-electron chi connectivity index (χ2n) is 6.27. The molecular weight excluding hydrogens is 240 g/mol. The summed E-state index contributed by atoms with van der Waals surface area (Å²) >= 11 is 0. The normalized spacial score (nSPS) is 18.7. The molecule has 0 aromatic carbocycles. The zero-order valence-corrected chi connectivity index (χ0v) is 12.3. The summed E-state index contributed by atoms with van der Waals surface area (Å²) in [6.45, 7) is 10.4. The highest BCUT2D eigenvalue weighted by Crippen LogP contribution is 2.35. The van der Waals surface area contributed by atoms with Crippen molar-refractivity contribution in [2.75, 3.05) is 23.7 Å². The van der Waals surface area contributed by atoms with Gasteiger partial charge in [-0.15, -0.1) is 0 Å². The van der Waals surface area contributed by atoms with E-state index in [0.717, 1.165) is 25.3 Å². The summed E-state index contributed by atoms with van der Waals surface area (Å²) in [6, 6.07) is 0. The van der Waals surface area contributed by atoms with Crippen molar-refractivity contribution in [1.82, 2.24) is 9.97 Å². The lowest BCUT2D eigenvalue weighted by atomic mass is 9.84. The SMILES string of the molecule is CC(C)Oc1ncnc(N2CCCC(C)(C)C2)c1N. The van der Waals surface area contributed by atoms with E-state index in [4.69, 9.17) is 10.5 Å². The van der Waals surface area contributed by atoms with Gasteiger partial charge in [-0.3, -0.25) is 0 Å². The van der Waals surface area contributed by atoms with Crippen LogP contribution in [0.2, 0.25) is 0 Å². The molecule has 0 spiro atoms. The van der Waals surface area contributed by atoms with Gasteiger partial charge in [-0.1, -0.05) is 13.8 Å². The Kier molecular flexibility index (Phi) is 3.83. The van der Waals surface area contributed by atoms with E-state index in [1.165, 1.54) is 12.7 Å². The Hall–Kier alpha value is -1.52. The second-order valence-corrected chi connectivity index (χ2v) is 6.27. The van der Waals surface area contributed by atoms with Crippen molar-refractivity contribution in [1.29, 1.82) is 0 Å². The molecule has 106 valence electrons. The summed E-state index contributed by atoms with van der Waals surface area (Å²) in [6.07, 6.45) is 3.99. The van der Waals surface area contributed by atoms with Gasteiger partial charge in [0, 0.05) is 13.1 Å². The maximum Gasteiger partial charge on any atom is 0.242 e. The highest BCUT2D eigenvalue weighted by Gasteiger charge is 2.28. The first kappa shape index (κ1) is 13.9. The van der Waals surface area contributed by atoms with E-state index in [0.29, 0.717) is 17.0 Å². The summed E-state index contributed by atoms with van der Waals surface area (Å²) < 4.78 is 5.63. The fraction of sp³-hybridized carbons (Fsp3) is 0.714. The van der Waals surface area contributed by atoms with Crippen molar-refractivity contribution in [2.45, 2.75) is 46.6 Å². The van der Waals surface area contributed by atoms with Crippen molar-refractivity contribution < 1.29 is 4.74 Å². The van der Waals surface area contributed by atoms with Gasteiger partial charge >= 0.3 is 0 Å². The van der Waals surface area contributed by atoms with Gasteiger partial charge < -0.3 is 15.4 Å². The number of nitrogen functional groups attached to an aromatic ring is 1. The second kappa shape index (κ2) is 5.23. The van der Waals surface area contributed by atoms with Crippen LogP contribution in [0.1, 0.15) is 40.5 Å². The molecule has 1 aromatic rings. The number of rotatable bonds is 3. The van der Waals surface area contributed by atoms with Gasteiger partial charge in [0.05, 0.1) is 6.10 Å². The van der Waals surface area contributed by atoms with E-state index >= 15 is 0 Å². The summed E-state index contributed by atoms with van der Waals surface area (Å²) in [7, 11) is 0. The van der Waals surface area contributed by atoms with Gasteiger partial charge in [0.1, 0.15) is 12.0 Å². The van der Waals surface area contributed by atoms with E-state index < -0.39 is 0 Å². The maximum atomic E-state index is 6.16. The minimum Gasteiger partial charge on any atom is -0.473 e. The lowest BCUT2D eigenvalue weighted by Gasteiger charge is -2.39. The highest BCUT2D eigenvalue weighted by atomic mass is 16.5. The molecule has 0 atom stereocenters. The third-order valence-electron chi connectivity index (χ3n) is 3.37. The van der Waals surface area contributed by atoms with Crippen LogP contribution in [0.15, 0.2) is 6.33 Å². The van der Waals surface area contributed by atoms with Gasteiger partial charge in [0.15, 0.2) is 5.82 Å². The summed E-state index contributed by atoms with van der Waals surface area (Å²) in [5.74, 6) is 1.29. The van der Waals surface area contributed by atoms with Crippen LogP contribution in [-0.2, 0) is 0 Å². The first-order chi connectivity index (χ1) is 8.89. The molecule has 19 heavy (non-hydrogen) atoms. The van der Waals surface area contributed by atoms with Crippen LogP contribution < -0.4 is 15.4 Å². The first-order valence-electron chi connectivity index (χ1n) is 6.91. The Bertz CT molecular complexity index is 445. The van der Waals surface area contributed by atoms with E-state index in [1.54, 1.807) is 0 Å². The summed E-state index contributed by atoms with van der Waals surface area (Å²) in [5, 5.41) is 0. The first-order valence-corrected chi connectivity index (χ1v) is 6.91. The van der Waals surface area contributed by atoms with Crippen molar-refractivity contribution in [3.63, 3.8) is 0 Å². The van der Waals surface area contributed by atoms with Crippen LogP contribution in [0.4, 0.5) is 11.5 Å². The molecule has 0 radical (unpaired) electrons. The fourth-order valence-electron chi connectivity index (χ4n) is 2.54. The van der Waals surface area contributed by atoms with Crippen molar-refractivity contribution >= 4 is 11.5 Å². The lowest BCUT2D eigenvalue weighted by molar-refractivity contribution is 0.233. The minimum absolute atomic E-state index is 0.0582. The molecular formula is C14H24N4O. The molecule has 0 saturated carbocycles. The quantitative estimate of drug-likeness (QED) is 0.908. The molecule has 5 heteroatoms. The molecule has 1 aromatic heterocycles. The van der Waals surface area contributed by atoms with Crippen LogP contribution in [0.25, 0.3) is 0 Å². The lowest BCUT2D eigenvalue weighted by Crippen LogP contribution is -2.41. The number of hydrogen-bond donors (Lipinski definition) is 1. The molecule has 0 aliphatic carbocycles. The van der Waals surface area contributed by atoms with Gasteiger partial charge in [0.25, 0.3) is 0 Å². The number of aromatic nitrogens is 2. The molecule has 0 unspecified atom stereocenters. The van der Waals surface area contributed by atoms with Crippen LogP contribution in [0.5, 0.6) is 5.88 Å². The molecule has 5 nitrogen and oxygen atoms in total. The predicted octanol–water partition coefficient (Wildman–Crippen LogP) is 2.47. The average Bonchev–Trinajstić information content (AvgIpc) is 2.30. The molecule has 1 aliphatic rings. The monoisotopic (exact) mass is 264 g/mol. The standard InChI is InChI=1S/C14H24N4O/c1-10(2)19-13-11(15)12(16-9-17-13)18-7-5-6-14(3,4)8-18/h9-10H,5-8,15H2,1-4H3. The third-order valence-corrected chi connectivity index (χ3v) is 3.37. The van der Waals surface area contributed by atoms with E-state index in [2.05, 4.69) is 28.7 Å². The Morgan fingerprint density at radius 1 is 1.37 bits per heavy atom. The Balaban J connectivity index is 2.24. The van der Waals surface area contributed by atoms with E-state index in [1.807, 2.05) is 13.8 Å². The number of anilines is 2. The van der Waals surface area contributed by atoms with Crippen molar-refractivity contribution in [3.05, 3.63) is 6.33 Å². The molecule has 1 aliphatic heterocycles. The zero-order chi connectivity index (χ0) is 14.0. The predicted molar refractivity (Wildman–Crippen MR) is 77.4 cm³/mol. The number of hydrogen-bond acceptors (Lipinski definition) is 5. The van der Waals surface area contributed by atoms with Crippen molar-refractivity contribution in [2.24, 2.45) is 5.41 Å². The summed E-state index contributed by atoms with van der Waals surface area (Å²) in [4.78, 5) is 10.7. The number of piperidine rings is 1.